The summed E-state index contributed by atoms with van der Waals surface area (Å²) in [5.41, 5.74) is 2.56. The molecule has 2 heteroatoms. The first kappa shape index (κ1) is 15.2. The second-order valence-corrected chi connectivity index (χ2v) is 5.40. The Balaban J connectivity index is 2.28. The monoisotopic (exact) mass is 250 g/mol. The maximum Gasteiger partial charge on any atom is 0.0717 e. The fourth-order valence-electron chi connectivity index (χ4n) is 1.63. The lowest BCUT2D eigenvalue weighted by Gasteiger charge is -2.09. The van der Waals surface area contributed by atoms with E-state index >= 15 is 0 Å². The third kappa shape index (κ3) is 6.77. The van der Waals surface area contributed by atoms with Gasteiger partial charge in [0.1, 0.15) is 0 Å². The Morgan fingerprint density at radius 3 is 2.11 bits per heavy atom. The number of ether oxygens (including phenoxy) is 2. The van der Waals surface area contributed by atoms with E-state index in [4.69, 9.17) is 9.47 Å². The number of benzene rings is 1. The molecule has 0 amide bonds. The van der Waals surface area contributed by atoms with Crippen molar-refractivity contribution in [2.24, 2.45) is 5.92 Å². The van der Waals surface area contributed by atoms with Crippen molar-refractivity contribution >= 4 is 0 Å². The molecular formula is C16H26O2. The highest BCUT2D eigenvalue weighted by Gasteiger charge is 1.98. The third-order valence-corrected chi connectivity index (χ3v) is 2.58. The third-order valence-electron chi connectivity index (χ3n) is 2.58. The van der Waals surface area contributed by atoms with Gasteiger partial charge in [0.05, 0.1) is 19.3 Å². The Hall–Kier alpha value is -0.860. The molecule has 1 aromatic rings. The van der Waals surface area contributed by atoms with Crippen molar-refractivity contribution in [1.82, 2.24) is 0 Å². The van der Waals surface area contributed by atoms with Crippen LogP contribution in [-0.4, -0.2) is 19.3 Å². The van der Waals surface area contributed by atoms with Crippen molar-refractivity contribution in [3.63, 3.8) is 0 Å². The van der Waals surface area contributed by atoms with E-state index < -0.39 is 0 Å². The summed E-state index contributed by atoms with van der Waals surface area (Å²) in [5.74, 6) is 0.595. The van der Waals surface area contributed by atoms with Gasteiger partial charge in [0.25, 0.3) is 0 Å². The molecule has 2 nitrogen and oxygen atoms in total. The minimum absolute atomic E-state index is 0.314. The van der Waals surface area contributed by atoms with E-state index in [1.54, 1.807) is 0 Å². The van der Waals surface area contributed by atoms with Crippen molar-refractivity contribution in [2.45, 2.75) is 46.8 Å². The van der Waals surface area contributed by atoms with Gasteiger partial charge in [-0.15, -0.1) is 0 Å². The maximum absolute atomic E-state index is 5.61. The molecular weight excluding hydrogens is 224 g/mol. The topological polar surface area (TPSA) is 18.5 Å². The van der Waals surface area contributed by atoms with Crippen LogP contribution in [0.4, 0.5) is 0 Å². The van der Waals surface area contributed by atoms with E-state index in [0.29, 0.717) is 18.6 Å². The largest absolute Gasteiger partial charge is 0.378 e. The summed E-state index contributed by atoms with van der Waals surface area (Å²) >= 11 is 0. The quantitative estimate of drug-likeness (QED) is 0.698. The zero-order valence-electron chi connectivity index (χ0n) is 12.1. The SMILES string of the molecule is CC(C)COCc1ccc(CCOC(C)C)cc1. The molecule has 0 fully saturated rings. The second kappa shape index (κ2) is 8.28. The fourth-order valence-corrected chi connectivity index (χ4v) is 1.63. The minimum atomic E-state index is 0.314. The first-order valence-corrected chi connectivity index (χ1v) is 6.85. The zero-order valence-corrected chi connectivity index (χ0v) is 12.1. The Morgan fingerprint density at radius 1 is 0.944 bits per heavy atom. The van der Waals surface area contributed by atoms with Crippen LogP contribution in [-0.2, 0) is 22.5 Å². The average molecular weight is 250 g/mol. The molecule has 0 spiro atoms. The summed E-state index contributed by atoms with van der Waals surface area (Å²) < 4.78 is 11.2. The Bertz CT molecular complexity index is 281. The Labute approximate surface area is 111 Å². The van der Waals surface area contributed by atoms with Crippen LogP contribution in [0.3, 0.4) is 0 Å². The number of hydrogen-bond donors (Lipinski definition) is 0. The molecule has 0 radical (unpaired) electrons. The van der Waals surface area contributed by atoms with Crippen LogP contribution < -0.4 is 0 Å². The van der Waals surface area contributed by atoms with Crippen LogP contribution in [0.15, 0.2) is 24.3 Å². The first-order chi connectivity index (χ1) is 8.58. The highest BCUT2D eigenvalue weighted by Crippen LogP contribution is 2.08. The summed E-state index contributed by atoms with van der Waals surface area (Å²) in [7, 11) is 0. The predicted molar refractivity (Wildman–Crippen MR) is 75.7 cm³/mol. The van der Waals surface area contributed by atoms with Gasteiger partial charge in [-0.05, 0) is 37.3 Å². The first-order valence-electron chi connectivity index (χ1n) is 6.85. The second-order valence-electron chi connectivity index (χ2n) is 5.40. The molecule has 18 heavy (non-hydrogen) atoms. The van der Waals surface area contributed by atoms with Gasteiger partial charge < -0.3 is 9.47 Å². The van der Waals surface area contributed by atoms with Crippen molar-refractivity contribution in [2.75, 3.05) is 13.2 Å². The highest BCUT2D eigenvalue weighted by molar-refractivity contribution is 5.22. The van der Waals surface area contributed by atoms with Gasteiger partial charge in [-0.3, -0.25) is 0 Å². The molecule has 1 aromatic carbocycles. The highest BCUT2D eigenvalue weighted by atomic mass is 16.5. The number of rotatable bonds is 8. The van der Waals surface area contributed by atoms with Crippen molar-refractivity contribution in [3.8, 4) is 0 Å². The van der Waals surface area contributed by atoms with Crippen molar-refractivity contribution in [1.29, 1.82) is 0 Å². The van der Waals surface area contributed by atoms with Crippen LogP contribution in [0, 0.1) is 5.92 Å². The van der Waals surface area contributed by atoms with Crippen LogP contribution in [0.1, 0.15) is 38.8 Å². The number of hydrogen-bond acceptors (Lipinski definition) is 2. The Morgan fingerprint density at radius 2 is 1.56 bits per heavy atom. The molecule has 0 aliphatic carbocycles. The molecule has 0 saturated carbocycles. The molecule has 0 aliphatic heterocycles. The maximum atomic E-state index is 5.61. The van der Waals surface area contributed by atoms with Crippen molar-refractivity contribution < 1.29 is 9.47 Å². The van der Waals surface area contributed by atoms with E-state index in [-0.39, 0.29) is 0 Å². The Kier molecular flexibility index (Phi) is 6.99. The van der Waals surface area contributed by atoms with Crippen LogP contribution in [0.25, 0.3) is 0 Å². The summed E-state index contributed by atoms with van der Waals surface area (Å²) in [4.78, 5) is 0. The van der Waals surface area contributed by atoms with Gasteiger partial charge in [0, 0.05) is 6.61 Å². The lowest BCUT2D eigenvalue weighted by Crippen LogP contribution is -2.06. The summed E-state index contributed by atoms with van der Waals surface area (Å²) in [6.07, 6.45) is 1.29. The molecule has 102 valence electrons. The van der Waals surface area contributed by atoms with E-state index in [2.05, 4.69) is 52.0 Å². The standard InChI is InChI=1S/C16H26O2/c1-13(2)11-17-12-16-7-5-15(6-8-16)9-10-18-14(3)4/h5-8,13-14H,9-12H2,1-4H3. The molecule has 0 bridgehead atoms. The lowest BCUT2D eigenvalue weighted by atomic mass is 10.1. The molecule has 0 heterocycles. The normalized spacial score (nSPS) is 11.4. The van der Waals surface area contributed by atoms with E-state index in [9.17, 15) is 0 Å². The van der Waals surface area contributed by atoms with E-state index in [0.717, 1.165) is 19.6 Å². The minimum Gasteiger partial charge on any atom is -0.378 e. The molecule has 0 aromatic heterocycles. The molecule has 0 unspecified atom stereocenters. The van der Waals surface area contributed by atoms with Crippen LogP contribution in [0.2, 0.25) is 0 Å². The van der Waals surface area contributed by atoms with Crippen LogP contribution >= 0.6 is 0 Å². The van der Waals surface area contributed by atoms with Gasteiger partial charge in [0.15, 0.2) is 0 Å². The van der Waals surface area contributed by atoms with Gasteiger partial charge in [-0.2, -0.15) is 0 Å². The van der Waals surface area contributed by atoms with Gasteiger partial charge in [0.2, 0.25) is 0 Å². The lowest BCUT2D eigenvalue weighted by molar-refractivity contribution is 0.0813. The van der Waals surface area contributed by atoms with Crippen LogP contribution in [0.5, 0.6) is 0 Å². The van der Waals surface area contributed by atoms with Crippen molar-refractivity contribution in [3.05, 3.63) is 35.4 Å². The smallest absolute Gasteiger partial charge is 0.0717 e. The summed E-state index contributed by atoms with van der Waals surface area (Å²) in [5, 5.41) is 0. The molecule has 0 aliphatic rings. The average Bonchev–Trinajstić information content (AvgIpc) is 2.30. The fraction of sp³-hybridized carbons (Fsp3) is 0.625. The molecule has 0 saturated heterocycles. The molecule has 0 N–H and O–H groups in total. The molecule has 1 rings (SSSR count). The van der Waals surface area contributed by atoms with Gasteiger partial charge >= 0.3 is 0 Å². The van der Waals surface area contributed by atoms with E-state index in [1.807, 2.05) is 0 Å². The summed E-state index contributed by atoms with van der Waals surface area (Å²) in [6.45, 7) is 10.8. The summed E-state index contributed by atoms with van der Waals surface area (Å²) in [6, 6.07) is 8.62. The van der Waals surface area contributed by atoms with E-state index in [1.165, 1.54) is 11.1 Å². The van der Waals surface area contributed by atoms with Gasteiger partial charge in [-0.1, -0.05) is 38.1 Å². The van der Waals surface area contributed by atoms with Gasteiger partial charge in [-0.25, -0.2) is 0 Å². The zero-order chi connectivity index (χ0) is 13.4. The molecule has 0 atom stereocenters. The predicted octanol–water partition coefficient (Wildman–Crippen LogP) is 3.83.